The van der Waals surface area contributed by atoms with E-state index in [1.807, 2.05) is 6.92 Å². The van der Waals surface area contributed by atoms with E-state index in [9.17, 15) is 4.79 Å². The van der Waals surface area contributed by atoms with E-state index in [0.717, 1.165) is 0 Å². The van der Waals surface area contributed by atoms with Crippen molar-refractivity contribution < 1.29 is 18.7 Å². The Morgan fingerprint density at radius 1 is 1.30 bits per heavy atom. The minimum atomic E-state index is -0.387. The van der Waals surface area contributed by atoms with Crippen LogP contribution in [0, 0.1) is 0 Å². The lowest BCUT2D eigenvalue weighted by molar-refractivity contribution is 0.0792. The van der Waals surface area contributed by atoms with Crippen molar-refractivity contribution in [3.05, 3.63) is 64.3 Å². The molecule has 0 aliphatic carbocycles. The fourth-order valence-corrected chi connectivity index (χ4v) is 2.66. The van der Waals surface area contributed by atoms with Crippen molar-refractivity contribution in [2.45, 2.75) is 20.3 Å². The van der Waals surface area contributed by atoms with Crippen molar-refractivity contribution in [2.75, 3.05) is 11.9 Å². The van der Waals surface area contributed by atoms with Crippen LogP contribution >= 0.6 is 23.2 Å². The SMILES string of the molecule is CCOCn1cc(NC(=O)c2ccc(COc3ccc(Cl)cc3Cl)o2)cn1. The molecule has 0 bridgehead atoms. The van der Waals surface area contributed by atoms with E-state index in [1.54, 1.807) is 41.2 Å². The second-order valence-electron chi connectivity index (χ2n) is 5.47. The number of nitrogens with one attached hydrogen (secondary N) is 1. The molecule has 3 rings (SSSR count). The minimum Gasteiger partial charge on any atom is -0.484 e. The summed E-state index contributed by atoms with van der Waals surface area (Å²) in [5, 5.41) is 7.72. The van der Waals surface area contributed by atoms with Crippen LogP contribution in [0.25, 0.3) is 0 Å². The maximum Gasteiger partial charge on any atom is 0.291 e. The lowest BCUT2D eigenvalue weighted by atomic mass is 10.3. The van der Waals surface area contributed by atoms with E-state index in [0.29, 0.717) is 40.6 Å². The van der Waals surface area contributed by atoms with Crippen LogP contribution in [-0.2, 0) is 18.1 Å². The predicted molar refractivity (Wildman–Crippen MR) is 101 cm³/mol. The molecule has 2 aromatic heterocycles. The lowest BCUT2D eigenvalue weighted by Gasteiger charge is -2.06. The summed E-state index contributed by atoms with van der Waals surface area (Å²) >= 11 is 11.9. The molecule has 0 saturated heterocycles. The molecule has 0 fully saturated rings. The molecule has 9 heteroatoms. The van der Waals surface area contributed by atoms with Gasteiger partial charge in [-0.1, -0.05) is 23.2 Å². The van der Waals surface area contributed by atoms with Crippen LogP contribution in [0.15, 0.2) is 47.1 Å². The molecule has 0 radical (unpaired) electrons. The second kappa shape index (κ2) is 8.94. The van der Waals surface area contributed by atoms with Gasteiger partial charge in [-0.3, -0.25) is 4.79 Å². The molecule has 1 aromatic carbocycles. The number of anilines is 1. The van der Waals surface area contributed by atoms with E-state index in [4.69, 9.17) is 37.1 Å². The van der Waals surface area contributed by atoms with Crippen molar-refractivity contribution in [3.63, 3.8) is 0 Å². The minimum absolute atomic E-state index is 0.126. The lowest BCUT2D eigenvalue weighted by Crippen LogP contribution is -2.10. The van der Waals surface area contributed by atoms with Gasteiger partial charge in [0.05, 0.1) is 23.1 Å². The summed E-state index contributed by atoms with van der Waals surface area (Å²) < 4.78 is 17.9. The molecule has 3 aromatic rings. The molecule has 1 N–H and O–H groups in total. The Labute approximate surface area is 165 Å². The first kappa shape index (κ1) is 19.3. The second-order valence-corrected chi connectivity index (χ2v) is 6.32. The predicted octanol–water partition coefficient (Wildman–Crippen LogP) is 4.61. The van der Waals surface area contributed by atoms with Crippen LogP contribution in [0.4, 0.5) is 5.69 Å². The number of halogens is 2. The zero-order valence-electron chi connectivity index (χ0n) is 14.4. The molecular weight excluding hydrogens is 393 g/mol. The third kappa shape index (κ3) is 5.26. The van der Waals surface area contributed by atoms with Gasteiger partial charge in [0.15, 0.2) is 5.76 Å². The summed E-state index contributed by atoms with van der Waals surface area (Å²) in [5.41, 5.74) is 0.543. The van der Waals surface area contributed by atoms with Crippen molar-refractivity contribution in [1.29, 1.82) is 0 Å². The molecule has 0 spiro atoms. The Morgan fingerprint density at radius 3 is 2.93 bits per heavy atom. The quantitative estimate of drug-likeness (QED) is 0.587. The van der Waals surface area contributed by atoms with Crippen LogP contribution in [0.5, 0.6) is 5.75 Å². The first-order valence-electron chi connectivity index (χ1n) is 8.13. The normalized spacial score (nSPS) is 10.8. The molecule has 0 saturated carbocycles. The molecular formula is C18H17Cl2N3O4. The number of benzene rings is 1. The van der Waals surface area contributed by atoms with E-state index in [-0.39, 0.29) is 18.3 Å². The maximum absolute atomic E-state index is 12.3. The largest absolute Gasteiger partial charge is 0.484 e. The van der Waals surface area contributed by atoms with E-state index >= 15 is 0 Å². The Bertz CT molecular complexity index is 923. The molecule has 1 amide bonds. The van der Waals surface area contributed by atoms with E-state index < -0.39 is 0 Å². The fraction of sp³-hybridized carbons (Fsp3) is 0.222. The Hall–Kier alpha value is -2.48. The van der Waals surface area contributed by atoms with Crippen molar-refractivity contribution in [2.24, 2.45) is 0 Å². The summed E-state index contributed by atoms with van der Waals surface area (Å²) in [7, 11) is 0. The van der Waals surface area contributed by atoms with Gasteiger partial charge in [0, 0.05) is 11.6 Å². The van der Waals surface area contributed by atoms with E-state index in [1.165, 1.54) is 6.20 Å². The number of carbonyl (C=O) groups excluding carboxylic acids is 1. The van der Waals surface area contributed by atoms with Gasteiger partial charge in [0.2, 0.25) is 0 Å². The van der Waals surface area contributed by atoms with Gasteiger partial charge in [-0.05, 0) is 37.3 Å². The molecule has 27 heavy (non-hydrogen) atoms. The fourth-order valence-electron chi connectivity index (χ4n) is 2.19. The average Bonchev–Trinajstić information content (AvgIpc) is 3.28. The maximum atomic E-state index is 12.3. The van der Waals surface area contributed by atoms with Gasteiger partial charge in [-0.25, -0.2) is 4.68 Å². The summed E-state index contributed by atoms with van der Waals surface area (Å²) in [4.78, 5) is 12.3. The average molecular weight is 410 g/mol. The first-order valence-corrected chi connectivity index (χ1v) is 8.89. The number of ether oxygens (including phenoxy) is 2. The third-order valence-corrected chi connectivity index (χ3v) is 4.00. The van der Waals surface area contributed by atoms with Crippen molar-refractivity contribution in [1.82, 2.24) is 9.78 Å². The van der Waals surface area contributed by atoms with E-state index in [2.05, 4.69) is 10.4 Å². The van der Waals surface area contributed by atoms with Crippen LogP contribution in [0.3, 0.4) is 0 Å². The Morgan fingerprint density at radius 2 is 2.15 bits per heavy atom. The van der Waals surface area contributed by atoms with Gasteiger partial charge in [0.25, 0.3) is 5.91 Å². The molecule has 2 heterocycles. The van der Waals surface area contributed by atoms with Gasteiger partial charge in [-0.15, -0.1) is 0 Å². The van der Waals surface area contributed by atoms with Gasteiger partial charge in [-0.2, -0.15) is 5.10 Å². The van der Waals surface area contributed by atoms with Crippen molar-refractivity contribution in [3.8, 4) is 5.75 Å². The van der Waals surface area contributed by atoms with Gasteiger partial charge in [0.1, 0.15) is 24.8 Å². The smallest absolute Gasteiger partial charge is 0.291 e. The molecule has 0 atom stereocenters. The summed E-state index contributed by atoms with van der Waals surface area (Å²) in [5.74, 6) is 0.735. The molecule has 0 unspecified atom stereocenters. The zero-order valence-corrected chi connectivity index (χ0v) is 16.0. The van der Waals surface area contributed by atoms with Crippen LogP contribution in [0.1, 0.15) is 23.2 Å². The van der Waals surface area contributed by atoms with Gasteiger partial charge >= 0.3 is 0 Å². The monoisotopic (exact) mass is 409 g/mol. The highest BCUT2D eigenvalue weighted by molar-refractivity contribution is 6.35. The number of hydrogen-bond acceptors (Lipinski definition) is 5. The van der Waals surface area contributed by atoms with Crippen LogP contribution in [-0.4, -0.2) is 22.3 Å². The zero-order chi connectivity index (χ0) is 19.2. The highest BCUT2D eigenvalue weighted by atomic mass is 35.5. The third-order valence-electron chi connectivity index (χ3n) is 3.47. The number of aromatic nitrogens is 2. The highest BCUT2D eigenvalue weighted by Crippen LogP contribution is 2.28. The Balaban J connectivity index is 1.56. The topological polar surface area (TPSA) is 78.5 Å². The molecule has 7 nitrogen and oxygen atoms in total. The summed E-state index contributed by atoms with van der Waals surface area (Å²) in [6.07, 6.45) is 3.20. The molecule has 0 aliphatic heterocycles. The summed E-state index contributed by atoms with van der Waals surface area (Å²) in [6, 6.07) is 8.17. The number of hydrogen-bond donors (Lipinski definition) is 1. The number of nitrogens with zero attached hydrogens (tertiary/aromatic N) is 2. The van der Waals surface area contributed by atoms with Crippen molar-refractivity contribution >= 4 is 34.8 Å². The standard InChI is InChI=1S/C18H17Cl2N3O4/c1-2-25-11-23-9-13(8-21-23)22-18(24)17-6-4-14(27-17)10-26-16-5-3-12(19)7-15(16)20/h3-9H,2,10-11H2,1H3,(H,22,24). The molecule has 142 valence electrons. The number of amides is 1. The number of rotatable bonds is 8. The Kier molecular flexibility index (Phi) is 6.39. The summed E-state index contributed by atoms with van der Waals surface area (Å²) in [6.45, 7) is 2.92. The number of furan rings is 1. The van der Waals surface area contributed by atoms with Gasteiger partial charge < -0.3 is 19.2 Å². The highest BCUT2D eigenvalue weighted by Gasteiger charge is 2.13. The molecule has 0 aliphatic rings. The van der Waals surface area contributed by atoms with Crippen LogP contribution < -0.4 is 10.1 Å². The number of carbonyl (C=O) groups is 1. The van der Waals surface area contributed by atoms with Crippen LogP contribution in [0.2, 0.25) is 10.0 Å². The first-order chi connectivity index (χ1) is 13.0.